The van der Waals surface area contributed by atoms with E-state index in [4.69, 9.17) is 0 Å². The smallest absolute Gasteiger partial charge is 0.391 e. The van der Waals surface area contributed by atoms with Crippen LogP contribution in [-0.4, -0.2) is 18.6 Å². The monoisotopic (exact) mass is 208 g/mol. The second-order valence-electron chi connectivity index (χ2n) is 2.63. The van der Waals surface area contributed by atoms with Crippen LogP contribution < -0.4 is 9.47 Å². The molecule has 6 nitrogen and oxygen atoms in total. The summed E-state index contributed by atoms with van der Waals surface area (Å²) in [5, 5.41) is 0. The standard InChI is InChI=1S/C9H4O6/c10-4-5-1-2-6-7(3-5)14-9(12)15-8(11)13-6/h1-4H. The van der Waals surface area contributed by atoms with Gasteiger partial charge in [-0.2, -0.15) is 0 Å². The van der Waals surface area contributed by atoms with E-state index in [1.165, 1.54) is 18.2 Å². The number of ether oxygens (including phenoxy) is 3. The molecule has 1 aromatic rings. The highest BCUT2D eigenvalue weighted by Crippen LogP contribution is 2.30. The second kappa shape index (κ2) is 3.41. The van der Waals surface area contributed by atoms with Gasteiger partial charge in [0.15, 0.2) is 11.5 Å². The van der Waals surface area contributed by atoms with Gasteiger partial charge < -0.3 is 14.2 Å². The highest BCUT2D eigenvalue weighted by Gasteiger charge is 2.23. The molecule has 0 radical (unpaired) electrons. The molecule has 0 fully saturated rings. The fourth-order valence-corrected chi connectivity index (χ4v) is 1.05. The Balaban J connectivity index is 2.46. The molecule has 15 heavy (non-hydrogen) atoms. The van der Waals surface area contributed by atoms with Gasteiger partial charge >= 0.3 is 12.3 Å². The van der Waals surface area contributed by atoms with Crippen molar-refractivity contribution in [2.45, 2.75) is 0 Å². The Morgan fingerprint density at radius 1 is 0.933 bits per heavy atom. The average Bonchev–Trinajstić information content (AvgIpc) is 2.33. The van der Waals surface area contributed by atoms with Crippen LogP contribution in [0.3, 0.4) is 0 Å². The summed E-state index contributed by atoms with van der Waals surface area (Å²) >= 11 is 0. The van der Waals surface area contributed by atoms with Crippen LogP contribution in [0.25, 0.3) is 0 Å². The number of benzene rings is 1. The Hall–Kier alpha value is -2.37. The van der Waals surface area contributed by atoms with E-state index in [2.05, 4.69) is 14.2 Å². The molecule has 0 aromatic heterocycles. The van der Waals surface area contributed by atoms with E-state index >= 15 is 0 Å². The van der Waals surface area contributed by atoms with Crippen molar-refractivity contribution >= 4 is 18.6 Å². The summed E-state index contributed by atoms with van der Waals surface area (Å²) in [5.74, 6) is -0.00750. The van der Waals surface area contributed by atoms with Crippen LogP contribution in [0.2, 0.25) is 0 Å². The summed E-state index contributed by atoms with van der Waals surface area (Å²) in [5.41, 5.74) is 0.291. The zero-order valence-electron chi connectivity index (χ0n) is 7.26. The van der Waals surface area contributed by atoms with Crippen molar-refractivity contribution in [2.75, 3.05) is 0 Å². The van der Waals surface area contributed by atoms with Crippen molar-refractivity contribution < 1.29 is 28.6 Å². The number of cyclic esters (lactones) is 2. The van der Waals surface area contributed by atoms with Crippen LogP contribution in [0.1, 0.15) is 10.4 Å². The maximum Gasteiger partial charge on any atom is 0.524 e. The van der Waals surface area contributed by atoms with Gasteiger partial charge in [-0.25, -0.2) is 9.59 Å². The van der Waals surface area contributed by atoms with Crippen LogP contribution in [0.5, 0.6) is 11.5 Å². The molecular formula is C9H4O6. The van der Waals surface area contributed by atoms with Crippen molar-refractivity contribution in [3.63, 3.8) is 0 Å². The van der Waals surface area contributed by atoms with Gasteiger partial charge in [-0.05, 0) is 18.2 Å². The van der Waals surface area contributed by atoms with Crippen LogP contribution in [-0.2, 0) is 4.74 Å². The summed E-state index contributed by atoms with van der Waals surface area (Å²) in [7, 11) is 0. The normalized spacial score (nSPS) is 14.1. The van der Waals surface area contributed by atoms with E-state index in [1.54, 1.807) is 0 Å². The number of carbonyl (C=O) groups is 3. The first-order valence-corrected chi connectivity index (χ1v) is 3.90. The lowest BCUT2D eigenvalue weighted by Gasteiger charge is -2.01. The van der Waals surface area contributed by atoms with Crippen LogP contribution in [0.15, 0.2) is 18.2 Å². The molecule has 76 valence electrons. The minimum atomic E-state index is -1.19. The molecule has 2 rings (SSSR count). The molecule has 0 spiro atoms. The van der Waals surface area contributed by atoms with Gasteiger partial charge in [-0.1, -0.05) is 0 Å². The summed E-state index contributed by atoms with van der Waals surface area (Å²) in [6.45, 7) is 0. The number of hydrogen-bond acceptors (Lipinski definition) is 6. The second-order valence-corrected chi connectivity index (χ2v) is 2.63. The molecular weight excluding hydrogens is 204 g/mol. The van der Waals surface area contributed by atoms with Gasteiger partial charge in [-0.15, -0.1) is 0 Å². The number of hydrogen-bond donors (Lipinski definition) is 0. The molecule has 1 aromatic carbocycles. The van der Waals surface area contributed by atoms with Crippen LogP contribution >= 0.6 is 0 Å². The number of aldehydes is 1. The van der Waals surface area contributed by atoms with Gasteiger partial charge in [0.25, 0.3) is 0 Å². The average molecular weight is 208 g/mol. The van der Waals surface area contributed by atoms with Crippen molar-refractivity contribution in [3.05, 3.63) is 23.8 Å². The fourth-order valence-electron chi connectivity index (χ4n) is 1.05. The van der Waals surface area contributed by atoms with E-state index in [9.17, 15) is 14.4 Å². The lowest BCUT2D eigenvalue weighted by atomic mass is 10.2. The van der Waals surface area contributed by atoms with E-state index in [0.29, 0.717) is 11.8 Å². The molecule has 1 aliphatic rings. The first-order chi connectivity index (χ1) is 7.19. The molecule has 1 aliphatic heterocycles. The Labute approximate surface area is 83.3 Å². The van der Waals surface area contributed by atoms with Crippen LogP contribution in [0, 0.1) is 0 Å². The molecule has 0 saturated carbocycles. The highest BCUT2D eigenvalue weighted by molar-refractivity contribution is 5.84. The molecule has 0 N–H and O–H groups in total. The maximum atomic E-state index is 10.8. The molecule has 6 heteroatoms. The topological polar surface area (TPSA) is 78.9 Å². The van der Waals surface area contributed by atoms with Gasteiger partial charge in [0.05, 0.1) is 0 Å². The fraction of sp³-hybridized carbons (Fsp3) is 0. The third-order valence-electron chi connectivity index (χ3n) is 1.66. The zero-order chi connectivity index (χ0) is 10.8. The van der Waals surface area contributed by atoms with Gasteiger partial charge in [0.1, 0.15) is 6.29 Å². The highest BCUT2D eigenvalue weighted by atomic mass is 16.8. The predicted molar refractivity (Wildman–Crippen MR) is 45.0 cm³/mol. The molecule has 0 atom stereocenters. The first-order valence-electron chi connectivity index (χ1n) is 3.90. The number of fused-ring (bicyclic) bond motifs is 1. The van der Waals surface area contributed by atoms with E-state index in [1.807, 2.05) is 0 Å². The lowest BCUT2D eigenvalue weighted by molar-refractivity contribution is 0.0995. The lowest BCUT2D eigenvalue weighted by Crippen LogP contribution is -2.14. The summed E-state index contributed by atoms with van der Waals surface area (Å²) in [6, 6.07) is 4.01. The quantitative estimate of drug-likeness (QED) is 0.301. The van der Waals surface area contributed by atoms with Crippen molar-refractivity contribution in [1.82, 2.24) is 0 Å². The summed E-state index contributed by atoms with van der Waals surface area (Å²) in [6.07, 6.45) is -1.79. The van der Waals surface area contributed by atoms with Crippen molar-refractivity contribution in [3.8, 4) is 11.5 Å². The minimum Gasteiger partial charge on any atom is -0.391 e. The third-order valence-corrected chi connectivity index (χ3v) is 1.66. The Morgan fingerprint density at radius 2 is 1.60 bits per heavy atom. The molecule has 0 saturated heterocycles. The van der Waals surface area contributed by atoms with Gasteiger partial charge in [0.2, 0.25) is 0 Å². The largest absolute Gasteiger partial charge is 0.524 e. The SMILES string of the molecule is O=Cc1ccc2c(c1)OC(=O)OC(=O)O2. The third kappa shape index (κ3) is 1.78. The molecule has 0 amide bonds. The van der Waals surface area contributed by atoms with E-state index < -0.39 is 12.3 Å². The number of carbonyl (C=O) groups excluding carboxylic acids is 3. The first kappa shape index (κ1) is 9.20. The predicted octanol–water partition coefficient (Wildman–Crippen LogP) is 1.53. The van der Waals surface area contributed by atoms with Crippen molar-refractivity contribution in [2.24, 2.45) is 0 Å². The van der Waals surface area contributed by atoms with Gasteiger partial charge in [-0.3, -0.25) is 4.79 Å². The van der Waals surface area contributed by atoms with E-state index in [-0.39, 0.29) is 11.5 Å². The molecule has 1 heterocycles. The zero-order valence-corrected chi connectivity index (χ0v) is 7.26. The minimum absolute atomic E-state index is 0.0245. The Bertz CT molecular complexity index is 450. The molecule has 0 bridgehead atoms. The van der Waals surface area contributed by atoms with E-state index in [0.717, 1.165) is 0 Å². The molecule has 0 aliphatic carbocycles. The summed E-state index contributed by atoms with van der Waals surface area (Å²) < 4.78 is 13.3. The summed E-state index contributed by atoms with van der Waals surface area (Å²) in [4.78, 5) is 32.1. The van der Waals surface area contributed by atoms with Gasteiger partial charge in [0, 0.05) is 5.56 Å². The number of rotatable bonds is 1. The maximum absolute atomic E-state index is 10.8. The van der Waals surface area contributed by atoms with Crippen LogP contribution in [0.4, 0.5) is 9.59 Å². The molecule has 0 unspecified atom stereocenters. The Kier molecular flexibility index (Phi) is 2.09. The Morgan fingerprint density at radius 3 is 2.27 bits per heavy atom. The van der Waals surface area contributed by atoms with Crippen molar-refractivity contribution in [1.29, 1.82) is 0 Å².